The first-order valence-corrected chi connectivity index (χ1v) is 17.7. The zero-order valence-corrected chi connectivity index (χ0v) is 28.9. The minimum absolute atomic E-state index is 0.142. The van der Waals surface area contributed by atoms with Crippen molar-refractivity contribution >= 4 is 40.5 Å². The molecule has 0 aliphatic carbocycles. The molecule has 12 heteroatoms. The van der Waals surface area contributed by atoms with Crippen molar-refractivity contribution < 1.29 is 33.5 Å². The Morgan fingerprint density at radius 2 is 1.69 bits per heavy atom. The predicted molar refractivity (Wildman–Crippen MR) is 182 cm³/mol. The Labute approximate surface area is 283 Å². The van der Waals surface area contributed by atoms with E-state index in [2.05, 4.69) is 16.0 Å². The summed E-state index contributed by atoms with van der Waals surface area (Å²) in [6, 6.07) is 4.11. The number of fused-ring (bicyclic) bond motifs is 2. The first-order valence-electron chi connectivity index (χ1n) is 17.7. The minimum atomic E-state index is -1.03. The minimum Gasteiger partial charge on any atom is -0.466 e. The van der Waals surface area contributed by atoms with Gasteiger partial charge in [-0.05, 0) is 56.1 Å². The number of nitrogens with one attached hydrogen (secondary N) is 3. The maximum atomic E-state index is 14.1. The van der Waals surface area contributed by atoms with Gasteiger partial charge in [0.1, 0.15) is 31.3 Å². The molecule has 0 radical (unpaired) electrons. The molecule has 3 heterocycles. The molecule has 2 aromatic rings. The Hall–Kier alpha value is -4.09. The van der Waals surface area contributed by atoms with Gasteiger partial charge in [0.25, 0.3) is 0 Å². The molecular weight excluding hydrogens is 614 g/mol. The summed E-state index contributed by atoms with van der Waals surface area (Å²) in [5.41, 5.74) is 1.60. The summed E-state index contributed by atoms with van der Waals surface area (Å²) in [5.74, 6) is -2.00. The topological polar surface area (TPSA) is 148 Å². The van der Waals surface area contributed by atoms with Gasteiger partial charge in [0.2, 0.25) is 23.6 Å². The van der Waals surface area contributed by atoms with E-state index >= 15 is 0 Å². The molecule has 0 bridgehead atoms. The quantitative estimate of drug-likeness (QED) is 0.207. The fourth-order valence-electron chi connectivity index (χ4n) is 6.55. The molecule has 1 aromatic carbocycles. The lowest BCUT2D eigenvalue weighted by Gasteiger charge is -2.39. The van der Waals surface area contributed by atoms with Gasteiger partial charge in [0.15, 0.2) is 0 Å². The van der Waals surface area contributed by atoms with Crippen LogP contribution in [0.3, 0.4) is 0 Å². The Kier molecular flexibility index (Phi) is 13.7. The van der Waals surface area contributed by atoms with Gasteiger partial charge in [-0.1, -0.05) is 64.7 Å². The number of benzene rings is 1. The van der Waals surface area contributed by atoms with Crippen LogP contribution in [0.5, 0.6) is 0 Å². The normalized spacial score (nSPS) is 22.9. The van der Waals surface area contributed by atoms with Crippen LogP contribution in [0.25, 0.3) is 10.9 Å². The van der Waals surface area contributed by atoms with Crippen LogP contribution in [0.15, 0.2) is 30.5 Å². The lowest BCUT2D eigenvalue weighted by atomic mass is 9.93. The molecule has 4 rings (SSSR count). The Balaban J connectivity index is 1.59. The molecule has 5 atom stereocenters. The van der Waals surface area contributed by atoms with Gasteiger partial charge < -0.3 is 30.4 Å². The highest BCUT2D eigenvalue weighted by molar-refractivity contribution is 5.98. The lowest BCUT2D eigenvalue weighted by Crippen LogP contribution is -2.64. The van der Waals surface area contributed by atoms with E-state index in [0.717, 1.165) is 42.1 Å². The van der Waals surface area contributed by atoms with Crippen molar-refractivity contribution in [3.05, 3.63) is 36.0 Å². The third kappa shape index (κ3) is 9.29. The zero-order chi connectivity index (χ0) is 34.6. The third-order valence-corrected chi connectivity index (χ3v) is 9.65. The number of esters is 1. The molecule has 3 N–H and O–H groups in total. The highest BCUT2D eigenvalue weighted by atomic mass is 16.6. The molecule has 0 saturated carbocycles. The van der Waals surface area contributed by atoms with Crippen LogP contribution >= 0.6 is 0 Å². The number of aromatic nitrogens is 1. The van der Waals surface area contributed by atoms with Crippen LogP contribution in [0.4, 0.5) is 0 Å². The first-order chi connectivity index (χ1) is 23.2. The van der Waals surface area contributed by atoms with Crippen molar-refractivity contribution in [3.63, 3.8) is 0 Å². The van der Waals surface area contributed by atoms with E-state index < -0.39 is 36.0 Å². The van der Waals surface area contributed by atoms with E-state index in [-0.39, 0.29) is 30.1 Å². The summed E-state index contributed by atoms with van der Waals surface area (Å²) >= 11 is 0. The van der Waals surface area contributed by atoms with Crippen LogP contribution in [0, 0.1) is 5.92 Å². The molecule has 264 valence electrons. The maximum absolute atomic E-state index is 14.1. The van der Waals surface area contributed by atoms with Gasteiger partial charge >= 0.3 is 5.97 Å². The highest BCUT2D eigenvalue weighted by Gasteiger charge is 2.41. The number of nitrogens with zero attached hydrogens (tertiary/aromatic N) is 2. The molecule has 2 saturated heterocycles. The summed E-state index contributed by atoms with van der Waals surface area (Å²) in [5, 5.41) is 9.74. The van der Waals surface area contributed by atoms with Crippen LogP contribution < -0.4 is 20.8 Å². The summed E-state index contributed by atoms with van der Waals surface area (Å²) in [6.45, 7) is 6.73. The summed E-state index contributed by atoms with van der Waals surface area (Å²) in [6.07, 6.45) is 8.82. The van der Waals surface area contributed by atoms with Crippen molar-refractivity contribution in [3.8, 4) is 0 Å². The lowest BCUT2D eigenvalue weighted by molar-refractivity contribution is -0.147. The standard InChI is InChI=1S/C36H53N5O7/c1-5-7-21-48-31(42)19-10-8-9-16-27-33(43)38-28(22-25-23-41(47-4)29-17-12-11-15-26(25)29)34(44)39-32(24(3)6-2)36(46)40-20-14-13-18-30(40)35(45)37-27/h11-12,15,17,23-24,27-28,30,32H,5-10,13-14,16,18-22H2,1-4H3,(H,37,45)(H,38,43)(H,39,44)/t24?,27-,28-,30+,32-/m0/s1. The van der Waals surface area contributed by atoms with Crippen molar-refractivity contribution in [1.82, 2.24) is 25.6 Å². The fraction of sp³-hybridized carbons (Fsp3) is 0.639. The second-order valence-corrected chi connectivity index (χ2v) is 13.1. The van der Waals surface area contributed by atoms with Gasteiger partial charge in [-0.2, -0.15) is 4.73 Å². The molecule has 48 heavy (non-hydrogen) atoms. The summed E-state index contributed by atoms with van der Waals surface area (Å²) in [7, 11) is 1.56. The average Bonchev–Trinajstić information content (AvgIpc) is 3.45. The summed E-state index contributed by atoms with van der Waals surface area (Å²) in [4.78, 5) is 75.1. The number of ether oxygens (including phenoxy) is 1. The van der Waals surface area contributed by atoms with Crippen molar-refractivity contribution in [2.24, 2.45) is 5.92 Å². The maximum Gasteiger partial charge on any atom is 0.305 e. The molecule has 2 fully saturated rings. The zero-order valence-electron chi connectivity index (χ0n) is 28.9. The molecular formula is C36H53N5O7. The number of carbonyl (C=O) groups is 5. The van der Waals surface area contributed by atoms with Crippen molar-refractivity contribution in [1.29, 1.82) is 0 Å². The molecule has 4 amide bonds. The molecule has 2 aliphatic heterocycles. The van der Waals surface area contributed by atoms with E-state index in [9.17, 15) is 24.0 Å². The molecule has 12 nitrogen and oxygen atoms in total. The largest absolute Gasteiger partial charge is 0.466 e. The monoisotopic (exact) mass is 667 g/mol. The van der Waals surface area contributed by atoms with Gasteiger partial charge in [0.05, 0.1) is 12.1 Å². The van der Waals surface area contributed by atoms with Crippen molar-refractivity contribution in [2.45, 2.75) is 122 Å². The smallest absolute Gasteiger partial charge is 0.305 e. The van der Waals surface area contributed by atoms with Crippen LogP contribution in [-0.4, -0.2) is 83.7 Å². The Morgan fingerprint density at radius 3 is 2.44 bits per heavy atom. The number of carbonyl (C=O) groups excluding carboxylic acids is 5. The van der Waals surface area contributed by atoms with E-state index in [4.69, 9.17) is 9.57 Å². The second kappa shape index (κ2) is 17.9. The summed E-state index contributed by atoms with van der Waals surface area (Å²) < 4.78 is 6.86. The number of unbranched alkanes of at least 4 members (excludes halogenated alkanes) is 3. The number of piperidine rings is 1. The first kappa shape index (κ1) is 36.7. The van der Waals surface area contributed by atoms with Crippen LogP contribution in [0.2, 0.25) is 0 Å². The van der Waals surface area contributed by atoms with E-state index in [1.807, 2.05) is 45.0 Å². The molecule has 1 aromatic heterocycles. The number of rotatable bonds is 14. The van der Waals surface area contributed by atoms with Gasteiger partial charge in [-0.25, -0.2) is 0 Å². The van der Waals surface area contributed by atoms with Gasteiger partial charge in [-0.15, -0.1) is 0 Å². The third-order valence-electron chi connectivity index (χ3n) is 9.65. The van der Waals surface area contributed by atoms with Crippen LogP contribution in [-0.2, 0) is 35.1 Å². The highest BCUT2D eigenvalue weighted by Crippen LogP contribution is 2.24. The SMILES string of the molecule is CCCCOC(=O)CCCCC[C@@H]1NC(=O)[C@H]2CCCCN2C(=O)[C@H](C(C)CC)NC(=O)[C@H](Cc2cn(OC)c3ccccc23)NC1=O. The average molecular weight is 668 g/mol. The number of hydrogen-bond donors (Lipinski definition) is 3. The van der Waals surface area contributed by atoms with Gasteiger partial charge in [-0.3, -0.25) is 24.0 Å². The Bertz CT molecular complexity index is 1420. The fourth-order valence-corrected chi connectivity index (χ4v) is 6.55. The van der Waals surface area contributed by atoms with E-state index in [1.165, 1.54) is 0 Å². The van der Waals surface area contributed by atoms with E-state index in [1.54, 1.807) is 22.9 Å². The van der Waals surface area contributed by atoms with Crippen LogP contribution in [0.1, 0.15) is 97.0 Å². The Morgan fingerprint density at radius 1 is 0.938 bits per heavy atom. The van der Waals surface area contributed by atoms with E-state index in [0.29, 0.717) is 58.1 Å². The molecule has 2 aliphatic rings. The number of para-hydroxylation sites is 1. The van der Waals surface area contributed by atoms with Crippen molar-refractivity contribution in [2.75, 3.05) is 20.3 Å². The van der Waals surface area contributed by atoms with Gasteiger partial charge in [0, 0.05) is 31.0 Å². The molecule has 0 spiro atoms. The number of amides is 4. The number of hydrogen-bond acceptors (Lipinski definition) is 7. The molecule has 1 unspecified atom stereocenters. The second-order valence-electron chi connectivity index (χ2n) is 13.1. The predicted octanol–water partition coefficient (Wildman–Crippen LogP) is 3.43.